The van der Waals surface area contributed by atoms with Gasteiger partial charge in [0.05, 0.1) is 6.54 Å². The molecule has 0 aliphatic carbocycles. The number of hydrogen-bond donors (Lipinski definition) is 1. The van der Waals surface area contributed by atoms with Crippen LogP contribution in [0, 0.1) is 5.92 Å². The second-order valence-electron chi connectivity index (χ2n) is 5.33. The van der Waals surface area contributed by atoms with Crippen molar-refractivity contribution in [1.82, 2.24) is 5.32 Å². The van der Waals surface area contributed by atoms with Gasteiger partial charge in [-0.3, -0.25) is 0 Å². The third kappa shape index (κ3) is 2.16. The van der Waals surface area contributed by atoms with Crippen molar-refractivity contribution >= 4 is 11.0 Å². The highest BCUT2D eigenvalue weighted by atomic mass is 16.7. The van der Waals surface area contributed by atoms with Crippen LogP contribution in [0.3, 0.4) is 0 Å². The Morgan fingerprint density at radius 1 is 1.21 bits per heavy atom. The molecular formula is C15H19NO3. The third-order valence-electron chi connectivity index (χ3n) is 3.32. The molecule has 0 atom stereocenters. The maximum absolute atomic E-state index is 5.97. The molecule has 1 aromatic heterocycles. The number of benzene rings is 1. The fraction of sp³-hybridized carbons (Fsp3) is 0.467. The van der Waals surface area contributed by atoms with Crippen LogP contribution >= 0.6 is 0 Å². The molecule has 0 bridgehead atoms. The van der Waals surface area contributed by atoms with Gasteiger partial charge in [-0.25, -0.2) is 0 Å². The van der Waals surface area contributed by atoms with E-state index in [4.69, 9.17) is 13.9 Å². The molecule has 0 spiro atoms. The summed E-state index contributed by atoms with van der Waals surface area (Å²) in [6.45, 7) is 5.47. The summed E-state index contributed by atoms with van der Waals surface area (Å²) >= 11 is 0. The molecular weight excluding hydrogens is 242 g/mol. The Balaban J connectivity index is 2.14. The second kappa shape index (κ2) is 4.78. The SMILES string of the molecule is CNCc1oc2cc3c(cc2c1CC(C)C)OCO3. The van der Waals surface area contributed by atoms with Gasteiger partial charge in [0, 0.05) is 17.0 Å². The molecule has 0 fully saturated rings. The number of rotatable bonds is 4. The minimum Gasteiger partial charge on any atom is -0.459 e. The molecule has 3 rings (SSSR count). The van der Waals surface area contributed by atoms with Gasteiger partial charge in [-0.05, 0) is 25.5 Å². The smallest absolute Gasteiger partial charge is 0.231 e. The zero-order valence-corrected chi connectivity index (χ0v) is 11.6. The maximum Gasteiger partial charge on any atom is 0.231 e. The monoisotopic (exact) mass is 261 g/mol. The number of fused-ring (bicyclic) bond motifs is 2. The van der Waals surface area contributed by atoms with Crippen LogP contribution in [0.1, 0.15) is 25.2 Å². The Hall–Kier alpha value is -1.68. The number of nitrogens with one attached hydrogen (secondary N) is 1. The van der Waals surface area contributed by atoms with Crippen LogP contribution < -0.4 is 14.8 Å². The zero-order valence-electron chi connectivity index (χ0n) is 11.6. The van der Waals surface area contributed by atoms with E-state index in [2.05, 4.69) is 19.2 Å². The topological polar surface area (TPSA) is 43.6 Å². The van der Waals surface area contributed by atoms with Gasteiger partial charge in [-0.1, -0.05) is 13.8 Å². The fourth-order valence-electron chi connectivity index (χ4n) is 2.52. The van der Waals surface area contributed by atoms with Gasteiger partial charge in [0.25, 0.3) is 0 Å². The minimum atomic E-state index is 0.296. The fourth-order valence-corrected chi connectivity index (χ4v) is 2.52. The maximum atomic E-state index is 5.97. The van der Waals surface area contributed by atoms with E-state index >= 15 is 0 Å². The molecule has 1 aliphatic heterocycles. The van der Waals surface area contributed by atoms with Crippen molar-refractivity contribution in [2.24, 2.45) is 5.92 Å². The molecule has 1 N–H and O–H groups in total. The Bertz CT molecular complexity index is 601. The lowest BCUT2D eigenvalue weighted by molar-refractivity contribution is 0.174. The normalized spacial score (nSPS) is 13.7. The first kappa shape index (κ1) is 12.4. The molecule has 4 nitrogen and oxygen atoms in total. The van der Waals surface area contributed by atoms with Crippen LogP contribution in [0.15, 0.2) is 16.5 Å². The molecule has 1 aliphatic rings. The van der Waals surface area contributed by atoms with Crippen LogP contribution in [0.5, 0.6) is 11.5 Å². The van der Waals surface area contributed by atoms with E-state index in [1.54, 1.807) is 0 Å². The van der Waals surface area contributed by atoms with E-state index in [1.165, 1.54) is 5.56 Å². The highest BCUT2D eigenvalue weighted by molar-refractivity contribution is 5.86. The van der Waals surface area contributed by atoms with Crippen molar-refractivity contribution in [3.63, 3.8) is 0 Å². The van der Waals surface area contributed by atoms with Crippen molar-refractivity contribution in [2.45, 2.75) is 26.8 Å². The second-order valence-corrected chi connectivity index (χ2v) is 5.33. The summed E-state index contributed by atoms with van der Waals surface area (Å²) < 4.78 is 16.8. The van der Waals surface area contributed by atoms with Gasteiger partial charge in [-0.15, -0.1) is 0 Å². The molecule has 4 heteroatoms. The Morgan fingerprint density at radius 2 is 1.95 bits per heavy atom. The Kier molecular flexibility index (Phi) is 3.11. The lowest BCUT2D eigenvalue weighted by Gasteiger charge is -2.06. The molecule has 2 heterocycles. The number of furan rings is 1. The van der Waals surface area contributed by atoms with E-state index in [-0.39, 0.29) is 0 Å². The molecule has 0 unspecified atom stereocenters. The van der Waals surface area contributed by atoms with E-state index in [9.17, 15) is 0 Å². The van der Waals surface area contributed by atoms with Gasteiger partial charge in [0.15, 0.2) is 11.5 Å². The molecule has 0 amide bonds. The molecule has 0 radical (unpaired) electrons. The van der Waals surface area contributed by atoms with Crippen LogP contribution in [0.4, 0.5) is 0 Å². The summed E-state index contributed by atoms with van der Waals surface area (Å²) in [6, 6.07) is 3.97. The third-order valence-corrected chi connectivity index (χ3v) is 3.32. The largest absolute Gasteiger partial charge is 0.459 e. The first-order valence-corrected chi connectivity index (χ1v) is 6.67. The summed E-state index contributed by atoms with van der Waals surface area (Å²) in [5.41, 5.74) is 2.16. The number of ether oxygens (including phenoxy) is 2. The van der Waals surface area contributed by atoms with Crippen molar-refractivity contribution in [3.05, 3.63) is 23.5 Å². The predicted octanol–water partition coefficient (Wildman–Crippen LogP) is 3.08. The lowest BCUT2D eigenvalue weighted by atomic mass is 9.99. The minimum absolute atomic E-state index is 0.296. The van der Waals surface area contributed by atoms with E-state index in [0.717, 1.165) is 41.2 Å². The standard InChI is InChI=1S/C15H19NO3/c1-9(2)4-10-11-5-13-14(18-8-17-13)6-12(11)19-15(10)7-16-3/h5-6,9,16H,4,7-8H2,1-3H3. The molecule has 1 aromatic carbocycles. The van der Waals surface area contributed by atoms with Crippen molar-refractivity contribution in [2.75, 3.05) is 13.8 Å². The van der Waals surface area contributed by atoms with Crippen LogP contribution in [-0.4, -0.2) is 13.8 Å². The summed E-state index contributed by atoms with van der Waals surface area (Å²) in [6.07, 6.45) is 1.00. The van der Waals surface area contributed by atoms with E-state index in [1.807, 2.05) is 19.2 Å². The number of hydrogen-bond acceptors (Lipinski definition) is 4. The summed E-state index contributed by atoms with van der Waals surface area (Å²) in [4.78, 5) is 0. The average molecular weight is 261 g/mol. The van der Waals surface area contributed by atoms with Gasteiger partial charge in [0.1, 0.15) is 11.3 Å². The highest BCUT2D eigenvalue weighted by Crippen LogP contribution is 2.39. The zero-order chi connectivity index (χ0) is 13.4. The van der Waals surface area contributed by atoms with Gasteiger partial charge in [-0.2, -0.15) is 0 Å². The summed E-state index contributed by atoms with van der Waals surface area (Å²) in [5, 5.41) is 4.30. The van der Waals surface area contributed by atoms with Gasteiger partial charge in [0.2, 0.25) is 6.79 Å². The lowest BCUT2D eigenvalue weighted by Crippen LogP contribution is -2.07. The van der Waals surface area contributed by atoms with E-state index < -0.39 is 0 Å². The van der Waals surface area contributed by atoms with Crippen molar-refractivity contribution in [1.29, 1.82) is 0 Å². The molecule has 0 saturated carbocycles. The Morgan fingerprint density at radius 3 is 2.63 bits per heavy atom. The van der Waals surface area contributed by atoms with Crippen LogP contribution in [0.2, 0.25) is 0 Å². The molecule has 2 aromatic rings. The summed E-state index contributed by atoms with van der Waals surface area (Å²) in [5.74, 6) is 3.18. The molecule has 19 heavy (non-hydrogen) atoms. The molecule has 0 saturated heterocycles. The van der Waals surface area contributed by atoms with Gasteiger partial charge >= 0.3 is 0 Å². The highest BCUT2D eigenvalue weighted by Gasteiger charge is 2.21. The Labute approximate surface area is 112 Å². The first-order valence-electron chi connectivity index (χ1n) is 6.67. The van der Waals surface area contributed by atoms with Crippen molar-refractivity contribution < 1.29 is 13.9 Å². The average Bonchev–Trinajstić information content (AvgIpc) is 2.92. The van der Waals surface area contributed by atoms with Gasteiger partial charge < -0.3 is 19.2 Å². The van der Waals surface area contributed by atoms with Crippen LogP contribution in [0.25, 0.3) is 11.0 Å². The molecule has 102 valence electrons. The predicted molar refractivity (Wildman–Crippen MR) is 73.6 cm³/mol. The first-order chi connectivity index (χ1) is 9.19. The van der Waals surface area contributed by atoms with Crippen LogP contribution in [-0.2, 0) is 13.0 Å². The quantitative estimate of drug-likeness (QED) is 0.918. The van der Waals surface area contributed by atoms with E-state index in [0.29, 0.717) is 12.7 Å². The van der Waals surface area contributed by atoms with Crippen molar-refractivity contribution in [3.8, 4) is 11.5 Å². The summed E-state index contributed by atoms with van der Waals surface area (Å²) in [7, 11) is 1.93.